The average molecular weight is 341 g/mol. The fraction of sp³-hybridized carbons (Fsp3) is 0.700. The zero-order chi connectivity index (χ0) is 18.8. The minimum atomic E-state index is -1.05. The zero-order valence-corrected chi connectivity index (χ0v) is 15.9. The molecule has 0 aromatic heterocycles. The Hall–Kier alpha value is -0.940. The molecule has 0 saturated heterocycles. The van der Waals surface area contributed by atoms with Crippen molar-refractivity contribution in [3.05, 3.63) is 34.9 Å². The monoisotopic (exact) mass is 340 g/mol. The summed E-state index contributed by atoms with van der Waals surface area (Å²) < 4.78 is 0. The highest BCUT2D eigenvalue weighted by atomic mass is 16.3. The summed E-state index contributed by atoms with van der Waals surface area (Å²) in [5.74, 6) is 0. The van der Waals surface area contributed by atoms with Crippen LogP contribution in [0.25, 0.3) is 0 Å². The number of aliphatic hydroxyl groups excluding tert-OH is 3. The van der Waals surface area contributed by atoms with Crippen molar-refractivity contribution in [2.45, 2.75) is 84.5 Å². The van der Waals surface area contributed by atoms with E-state index in [0.29, 0.717) is 12.8 Å². The standard InChI is InChI=1S/C20H36O4/c1-15(9-11-18(22)17(3)13-14-21)7-6-8-16(2)10-12-19(23)20(4,5)24/h8-9,13,18-19,21-24H,6-7,10-12,14H2,1-5H3/b15-9+,16-8+,17-13+/t18-,19+/m1/s1. The van der Waals surface area contributed by atoms with Crippen LogP contribution in [0.15, 0.2) is 34.9 Å². The quantitative estimate of drug-likeness (QED) is 0.435. The molecule has 0 rings (SSSR count). The summed E-state index contributed by atoms with van der Waals surface area (Å²) in [4.78, 5) is 0. The van der Waals surface area contributed by atoms with E-state index in [1.54, 1.807) is 19.9 Å². The molecule has 0 bridgehead atoms. The van der Waals surface area contributed by atoms with E-state index in [9.17, 15) is 15.3 Å². The smallest absolute Gasteiger partial charge is 0.0849 e. The normalized spacial score (nSPS) is 17.1. The van der Waals surface area contributed by atoms with Crippen molar-refractivity contribution in [2.24, 2.45) is 0 Å². The zero-order valence-electron chi connectivity index (χ0n) is 15.9. The third kappa shape index (κ3) is 10.8. The second-order valence-electron chi connectivity index (χ2n) is 7.23. The fourth-order valence-electron chi connectivity index (χ4n) is 2.25. The van der Waals surface area contributed by atoms with Crippen LogP contribution in [0.2, 0.25) is 0 Å². The van der Waals surface area contributed by atoms with Crippen LogP contribution in [0.4, 0.5) is 0 Å². The van der Waals surface area contributed by atoms with Crippen LogP contribution in [-0.2, 0) is 0 Å². The summed E-state index contributed by atoms with van der Waals surface area (Å²) in [6, 6.07) is 0. The van der Waals surface area contributed by atoms with Gasteiger partial charge in [-0.25, -0.2) is 0 Å². The van der Waals surface area contributed by atoms with Gasteiger partial charge in [0.25, 0.3) is 0 Å². The maximum Gasteiger partial charge on any atom is 0.0849 e. The number of rotatable bonds is 11. The Morgan fingerprint density at radius 3 is 2.08 bits per heavy atom. The first-order valence-electron chi connectivity index (χ1n) is 8.75. The molecule has 4 nitrogen and oxygen atoms in total. The lowest BCUT2D eigenvalue weighted by Crippen LogP contribution is -2.35. The molecule has 4 heteroatoms. The molecule has 0 spiro atoms. The highest BCUT2D eigenvalue weighted by Crippen LogP contribution is 2.18. The minimum absolute atomic E-state index is 0.0438. The summed E-state index contributed by atoms with van der Waals surface area (Å²) in [5, 5.41) is 38.3. The molecular formula is C20H36O4. The van der Waals surface area contributed by atoms with Crippen molar-refractivity contribution in [1.82, 2.24) is 0 Å². The van der Waals surface area contributed by atoms with Crippen LogP contribution < -0.4 is 0 Å². The number of hydrogen-bond donors (Lipinski definition) is 4. The predicted octanol–water partition coefficient (Wildman–Crippen LogP) is 3.26. The maximum atomic E-state index is 9.92. The molecule has 0 aliphatic heterocycles. The molecule has 0 heterocycles. The lowest BCUT2D eigenvalue weighted by Gasteiger charge is -2.24. The summed E-state index contributed by atoms with van der Waals surface area (Å²) in [6.45, 7) is 9.12. The molecule has 4 N–H and O–H groups in total. The molecule has 0 aromatic rings. The largest absolute Gasteiger partial charge is 0.392 e. The molecule has 0 aromatic carbocycles. The minimum Gasteiger partial charge on any atom is -0.392 e. The van der Waals surface area contributed by atoms with Gasteiger partial charge in [0.2, 0.25) is 0 Å². The van der Waals surface area contributed by atoms with E-state index in [4.69, 9.17) is 5.11 Å². The average Bonchev–Trinajstić information content (AvgIpc) is 2.49. The molecule has 0 amide bonds. The first kappa shape index (κ1) is 23.1. The van der Waals surface area contributed by atoms with Gasteiger partial charge in [0.1, 0.15) is 0 Å². The van der Waals surface area contributed by atoms with Crippen LogP contribution in [0.3, 0.4) is 0 Å². The molecule has 0 saturated carbocycles. The molecule has 2 atom stereocenters. The third-order valence-electron chi connectivity index (χ3n) is 4.29. The number of hydrogen-bond acceptors (Lipinski definition) is 4. The van der Waals surface area contributed by atoms with E-state index in [-0.39, 0.29) is 6.61 Å². The van der Waals surface area contributed by atoms with Crippen LogP contribution in [0.1, 0.15) is 66.7 Å². The van der Waals surface area contributed by atoms with Crippen molar-refractivity contribution in [1.29, 1.82) is 0 Å². The molecular weight excluding hydrogens is 304 g/mol. The highest BCUT2D eigenvalue weighted by Gasteiger charge is 2.23. The third-order valence-corrected chi connectivity index (χ3v) is 4.29. The van der Waals surface area contributed by atoms with Gasteiger partial charge in [-0.3, -0.25) is 0 Å². The van der Waals surface area contributed by atoms with Crippen molar-refractivity contribution in [3.63, 3.8) is 0 Å². The van der Waals surface area contributed by atoms with Crippen LogP contribution in [0.5, 0.6) is 0 Å². The van der Waals surface area contributed by atoms with Gasteiger partial charge in [-0.1, -0.05) is 29.4 Å². The van der Waals surface area contributed by atoms with E-state index in [2.05, 4.69) is 13.0 Å². The highest BCUT2D eigenvalue weighted by molar-refractivity contribution is 5.10. The second-order valence-corrected chi connectivity index (χ2v) is 7.23. The first-order chi connectivity index (χ1) is 11.1. The number of allylic oxidation sites excluding steroid dienone is 3. The van der Waals surface area contributed by atoms with Crippen molar-refractivity contribution < 1.29 is 20.4 Å². The summed E-state index contributed by atoms with van der Waals surface area (Å²) in [7, 11) is 0. The van der Waals surface area contributed by atoms with Crippen molar-refractivity contribution in [2.75, 3.05) is 6.61 Å². The van der Waals surface area contributed by atoms with Crippen molar-refractivity contribution in [3.8, 4) is 0 Å². The lowest BCUT2D eigenvalue weighted by atomic mass is 9.95. The summed E-state index contributed by atoms with van der Waals surface area (Å²) in [6.07, 6.45) is 8.35. The molecule has 0 aliphatic rings. The van der Waals surface area contributed by atoms with Crippen molar-refractivity contribution >= 4 is 0 Å². The van der Waals surface area contributed by atoms with E-state index < -0.39 is 17.8 Å². The van der Waals surface area contributed by atoms with E-state index >= 15 is 0 Å². The Bertz CT molecular complexity index is 441. The second kappa shape index (κ2) is 11.6. The van der Waals surface area contributed by atoms with Gasteiger partial charge >= 0.3 is 0 Å². The molecule has 24 heavy (non-hydrogen) atoms. The Kier molecular flexibility index (Phi) is 11.1. The topological polar surface area (TPSA) is 80.9 Å². The van der Waals surface area contributed by atoms with Crippen LogP contribution in [-0.4, -0.2) is 44.8 Å². The van der Waals surface area contributed by atoms with E-state index in [0.717, 1.165) is 24.8 Å². The summed E-state index contributed by atoms with van der Waals surface area (Å²) >= 11 is 0. The van der Waals surface area contributed by atoms with Gasteiger partial charge in [-0.05, 0) is 72.3 Å². The van der Waals surface area contributed by atoms with Crippen LogP contribution in [0, 0.1) is 0 Å². The van der Waals surface area contributed by atoms with Gasteiger partial charge < -0.3 is 20.4 Å². The van der Waals surface area contributed by atoms with Gasteiger partial charge in [0.05, 0.1) is 24.4 Å². The predicted molar refractivity (Wildman–Crippen MR) is 99.8 cm³/mol. The molecule has 0 aliphatic carbocycles. The SMILES string of the molecule is C/C(=C\C[C@@H](O)/C(C)=C/CO)CC/C=C(\C)CC[C@H](O)C(C)(C)O. The molecule has 0 radical (unpaired) electrons. The lowest BCUT2D eigenvalue weighted by molar-refractivity contribution is -0.0509. The Labute approximate surface area is 147 Å². The fourth-order valence-corrected chi connectivity index (χ4v) is 2.25. The Balaban J connectivity index is 4.19. The maximum absolute atomic E-state index is 9.92. The van der Waals surface area contributed by atoms with Gasteiger partial charge in [0.15, 0.2) is 0 Å². The molecule has 0 fully saturated rings. The Morgan fingerprint density at radius 2 is 1.54 bits per heavy atom. The van der Waals surface area contributed by atoms with Gasteiger partial charge in [0, 0.05) is 0 Å². The van der Waals surface area contributed by atoms with E-state index in [1.165, 1.54) is 11.1 Å². The van der Waals surface area contributed by atoms with Gasteiger partial charge in [-0.2, -0.15) is 0 Å². The van der Waals surface area contributed by atoms with E-state index in [1.807, 2.05) is 19.9 Å². The summed E-state index contributed by atoms with van der Waals surface area (Å²) in [5.41, 5.74) is 2.19. The van der Waals surface area contributed by atoms with Gasteiger partial charge in [-0.15, -0.1) is 0 Å². The Morgan fingerprint density at radius 1 is 0.958 bits per heavy atom. The number of aliphatic hydroxyl groups is 4. The van der Waals surface area contributed by atoms with Crippen LogP contribution >= 0.6 is 0 Å². The first-order valence-corrected chi connectivity index (χ1v) is 8.75. The molecule has 0 unspecified atom stereocenters. The molecule has 140 valence electrons.